The van der Waals surface area contributed by atoms with Crippen LogP contribution in [0, 0.1) is 0 Å². The van der Waals surface area contributed by atoms with Crippen LogP contribution in [0.2, 0.25) is 0 Å². The second kappa shape index (κ2) is 3.67. The molecular weight excluding hydrogens is 248 g/mol. The van der Waals surface area contributed by atoms with Crippen LogP contribution in [0.25, 0.3) is 5.82 Å². The van der Waals surface area contributed by atoms with E-state index in [4.69, 9.17) is 0 Å². The Balaban J connectivity index is 2.48. The zero-order valence-electron chi connectivity index (χ0n) is 6.96. The summed E-state index contributed by atoms with van der Waals surface area (Å²) >= 11 is 3.16. The van der Waals surface area contributed by atoms with Gasteiger partial charge in [-0.15, -0.1) is 0 Å². The highest BCUT2D eigenvalue weighted by atomic mass is 79.9. The van der Waals surface area contributed by atoms with Crippen molar-refractivity contribution >= 4 is 22.2 Å². The van der Waals surface area contributed by atoms with Gasteiger partial charge in [0.25, 0.3) is 0 Å². The maximum absolute atomic E-state index is 10.6. The lowest BCUT2D eigenvalue weighted by molar-refractivity contribution is 0.112. The van der Waals surface area contributed by atoms with Crippen LogP contribution in [0.5, 0.6) is 0 Å². The van der Waals surface area contributed by atoms with E-state index in [2.05, 4.69) is 31.0 Å². The Morgan fingerprint density at radius 1 is 1.43 bits per heavy atom. The molecule has 0 spiro atoms. The van der Waals surface area contributed by atoms with E-state index in [0.29, 0.717) is 16.0 Å². The zero-order valence-corrected chi connectivity index (χ0v) is 8.55. The van der Waals surface area contributed by atoms with Crippen LogP contribution in [-0.2, 0) is 0 Å². The number of carbonyl (C=O) groups excluding carboxylic acids is 1. The van der Waals surface area contributed by atoms with Crippen molar-refractivity contribution in [1.29, 1.82) is 0 Å². The molecule has 2 heterocycles. The molecule has 0 amide bonds. The minimum atomic E-state index is 0.482. The van der Waals surface area contributed by atoms with E-state index in [-0.39, 0.29) is 0 Å². The molecule has 0 aliphatic rings. The van der Waals surface area contributed by atoms with E-state index in [0.717, 1.165) is 6.29 Å². The molecule has 6 heteroatoms. The fraction of sp³-hybridized carbons (Fsp3) is 0. The molecule has 0 aliphatic carbocycles. The van der Waals surface area contributed by atoms with Crippen LogP contribution in [0.1, 0.15) is 10.4 Å². The summed E-state index contributed by atoms with van der Waals surface area (Å²) in [7, 11) is 0. The highest BCUT2D eigenvalue weighted by Crippen LogP contribution is 2.13. The van der Waals surface area contributed by atoms with Gasteiger partial charge in [0.1, 0.15) is 4.60 Å². The summed E-state index contributed by atoms with van der Waals surface area (Å²) in [6.07, 6.45) is 7.01. The Hall–Kier alpha value is -1.56. The van der Waals surface area contributed by atoms with Crippen molar-refractivity contribution in [2.24, 2.45) is 0 Å². The SMILES string of the molecule is O=Cc1cn(-c2cnccn2)nc1Br. The van der Waals surface area contributed by atoms with E-state index in [1.807, 2.05) is 0 Å². The van der Waals surface area contributed by atoms with Crippen molar-refractivity contribution in [2.75, 3.05) is 0 Å². The molecule has 2 aromatic rings. The molecule has 0 saturated carbocycles. The summed E-state index contributed by atoms with van der Waals surface area (Å²) in [4.78, 5) is 18.5. The van der Waals surface area contributed by atoms with Crippen LogP contribution in [0.15, 0.2) is 29.4 Å². The molecule has 2 rings (SSSR count). The van der Waals surface area contributed by atoms with Gasteiger partial charge in [-0.1, -0.05) is 0 Å². The number of carbonyl (C=O) groups is 1. The summed E-state index contributed by atoms with van der Waals surface area (Å²) < 4.78 is 1.99. The Labute approximate surface area is 87.9 Å². The maximum atomic E-state index is 10.6. The van der Waals surface area contributed by atoms with Crippen LogP contribution in [0.3, 0.4) is 0 Å². The van der Waals surface area contributed by atoms with Gasteiger partial charge in [-0.3, -0.25) is 9.78 Å². The minimum Gasteiger partial charge on any atom is -0.298 e. The summed E-state index contributed by atoms with van der Waals surface area (Å²) in [6.45, 7) is 0. The fourth-order valence-electron chi connectivity index (χ4n) is 0.972. The first-order valence-corrected chi connectivity index (χ1v) is 4.57. The van der Waals surface area contributed by atoms with Gasteiger partial charge in [0, 0.05) is 18.6 Å². The van der Waals surface area contributed by atoms with Crippen LogP contribution in [-0.4, -0.2) is 26.0 Å². The van der Waals surface area contributed by atoms with Gasteiger partial charge in [-0.2, -0.15) is 5.10 Å². The van der Waals surface area contributed by atoms with E-state index in [9.17, 15) is 4.79 Å². The third-order valence-electron chi connectivity index (χ3n) is 1.61. The van der Waals surface area contributed by atoms with E-state index >= 15 is 0 Å². The van der Waals surface area contributed by atoms with Gasteiger partial charge >= 0.3 is 0 Å². The Morgan fingerprint density at radius 2 is 2.29 bits per heavy atom. The standard InChI is InChI=1S/C8H5BrN4O/c9-8-6(5-14)4-13(12-8)7-3-10-1-2-11-7/h1-5H. The molecule has 0 aliphatic heterocycles. The highest BCUT2D eigenvalue weighted by Gasteiger charge is 2.06. The number of aromatic nitrogens is 4. The molecule has 0 radical (unpaired) electrons. The third-order valence-corrected chi connectivity index (χ3v) is 2.22. The predicted molar refractivity (Wildman–Crippen MR) is 52.2 cm³/mol. The van der Waals surface area contributed by atoms with Gasteiger partial charge in [-0.05, 0) is 15.9 Å². The van der Waals surface area contributed by atoms with Crippen molar-refractivity contribution in [3.63, 3.8) is 0 Å². The van der Waals surface area contributed by atoms with Crippen molar-refractivity contribution in [3.05, 3.63) is 35.0 Å². The van der Waals surface area contributed by atoms with Gasteiger partial charge in [0.05, 0.1) is 11.8 Å². The lowest BCUT2D eigenvalue weighted by atomic mass is 10.4. The van der Waals surface area contributed by atoms with Gasteiger partial charge < -0.3 is 0 Å². The Bertz CT molecular complexity index is 454. The van der Waals surface area contributed by atoms with Gasteiger partial charge in [0.2, 0.25) is 0 Å². The monoisotopic (exact) mass is 252 g/mol. The van der Waals surface area contributed by atoms with Crippen molar-refractivity contribution < 1.29 is 4.79 Å². The Morgan fingerprint density at radius 3 is 2.86 bits per heavy atom. The average molecular weight is 253 g/mol. The molecule has 5 nitrogen and oxygen atoms in total. The number of rotatable bonds is 2. The molecule has 0 bridgehead atoms. The second-order valence-corrected chi connectivity index (χ2v) is 3.25. The molecule has 0 fully saturated rings. The first-order valence-electron chi connectivity index (χ1n) is 3.78. The normalized spacial score (nSPS) is 10.1. The summed E-state index contributed by atoms with van der Waals surface area (Å²) in [5, 5.41) is 4.05. The van der Waals surface area contributed by atoms with Crippen molar-refractivity contribution in [3.8, 4) is 5.82 Å². The van der Waals surface area contributed by atoms with Crippen LogP contribution in [0.4, 0.5) is 0 Å². The maximum Gasteiger partial charge on any atom is 0.171 e. The predicted octanol–water partition coefficient (Wildman–Crippen LogP) is 1.24. The fourth-order valence-corrected chi connectivity index (χ4v) is 1.34. The van der Waals surface area contributed by atoms with Crippen LogP contribution >= 0.6 is 15.9 Å². The van der Waals surface area contributed by atoms with E-state index in [1.54, 1.807) is 24.8 Å². The largest absolute Gasteiger partial charge is 0.298 e. The van der Waals surface area contributed by atoms with Crippen molar-refractivity contribution in [1.82, 2.24) is 19.7 Å². The smallest absolute Gasteiger partial charge is 0.171 e. The number of aldehydes is 1. The average Bonchev–Trinajstić information content (AvgIpc) is 2.61. The van der Waals surface area contributed by atoms with E-state index in [1.165, 1.54) is 4.68 Å². The summed E-state index contributed by atoms with van der Waals surface area (Å²) in [5.41, 5.74) is 0.482. The number of nitrogens with zero attached hydrogens (tertiary/aromatic N) is 4. The quantitative estimate of drug-likeness (QED) is 0.755. The molecule has 0 saturated heterocycles. The summed E-state index contributed by atoms with van der Waals surface area (Å²) in [5.74, 6) is 0.571. The molecular formula is C8H5BrN4O. The lowest BCUT2D eigenvalue weighted by Gasteiger charge is -1.96. The zero-order chi connectivity index (χ0) is 9.97. The van der Waals surface area contributed by atoms with Gasteiger partial charge in [-0.25, -0.2) is 9.67 Å². The minimum absolute atomic E-state index is 0.482. The first kappa shape index (κ1) is 9.01. The Kier molecular flexibility index (Phi) is 2.36. The molecule has 70 valence electrons. The first-order chi connectivity index (χ1) is 6.81. The summed E-state index contributed by atoms with van der Waals surface area (Å²) in [6, 6.07) is 0. The molecule has 0 atom stereocenters. The highest BCUT2D eigenvalue weighted by molar-refractivity contribution is 9.10. The third kappa shape index (κ3) is 1.56. The van der Waals surface area contributed by atoms with Gasteiger partial charge in [0.15, 0.2) is 12.1 Å². The number of hydrogen-bond donors (Lipinski definition) is 0. The molecule has 14 heavy (non-hydrogen) atoms. The molecule has 0 unspecified atom stereocenters. The molecule has 0 N–H and O–H groups in total. The van der Waals surface area contributed by atoms with Crippen molar-refractivity contribution in [2.45, 2.75) is 0 Å². The molecule has 2 aromatic heterocycles. The van der Waals surface area contributed by atoms with Crippen LogP contribution < -0.4 is 0 Å². The topological polar surface area (TPSA) is 60.7 Å². The van der Waals surface area contributed by atoms with E-state index < -0.39 is 0 Å². The second-order valence-electron chi connectivity index (χ2n) is 2.50. The number of halogens is 1. The number of hydrogen-bond acceptors (Lipinski definition) is 4. The molecule has 0 aromatic carbocycles. The lowest BCUT2D eigenvalue weighted by Crippen LogP contribution is -1.97.